The maximum absolute atomic E-state index is 12.4. The Morgan fingerprint density at radius 1 is 1.21 bits per heavy atom. The predicted octanol–water partition coefficient (Wildman–Crippen LogP) is 3.61. The van der Waals surface area contributed by atoms with E-state index in [9.17, 15) is 13.2 Å². The zero-order valence-electron chi connectivity index (χ0n) is 14.7. The van der Waals surface area contributed by atoms with E-state index < -0.39 is 15.9 Å². The molecule has 0 saturated heterocycles. The second-order valence-corrected chi connectivity index (χ2v) is 10.1. The van der Waals surface area contributed by atoms with E-state index in [1.54, 1.807) is 11.4 Å². The summed E-state index contributed by atoms with van der Waals surface area (Å²) in [6, 6.07) is 11.1. The van der Waals surface area contributed by atoms with Crippen molar-refractivity contribution in [2.45, 2.75) is 4.21 Å². The number of rotatable bonds is 6. The van der Waals surface area contributed by atoms with Gasteiger partial charge in [0.05, 0.1) is 12.2 Å². The number of aromatic amines is 1. The highest BCUT2D eigenvalue weighted by atomic mass is 32.2. The molecule has 1 aromatic carbocycles. The van der Waals surface area contributed by atoms with E-state index in [2.05, 4.69) is 15.3 Å². The number of nitrogens with one attached hydrogen (secondary N) is 2. The van der Waals surface area contributed by atoms with Gasteiger partial charge in [-0.15, -0.1) is 22.7 Å². The van der Waals surface area contributed by atoms with Crippen LogP contribution in [0.25, 0.3) is 22.2 Å². The standard InChI is InChI=1S/C18H16N4O3S3/c1-22(28(24,25)17-7-4-8-26-17)10-16(23)21-18-20-15(11-27-18)13-9-19-14-6-3-2-5-12(13)14/h2-9,11,19H,10H2,1H3,(H,20,21,23). The molecule has 0 aliphatic heterocycles. The summed E-state index contributed by atoms with van der Waals surface area (Å²) < 4.78 is 26.0. The SMILES string of the molecule is CN(CC(=O)Nc1nc(-c2c[nH]c3ccccc23)cs1)S(=O)(=O)c1cccs1. The molecule has 7 nitrogen and oxygen atoms in total. The number of carbonyl (C=O) groups is 1. The van der Waals surface area contributed by atoms with Crippen LogP contribution in [0.4, 0.5) is 5.13 Å². The maximum atomic E-state index is 12.4. The third kappa shape index (κ3) is 3.59. The van der Waals surface area contributed by atoms with Gasteiger partial charge in [0.25, 0.3) is 10.0 Å². The molecule has 4 aromatic rings. The fourth-order valence-electron chi connectivity index (χ4n) is 2.75. The summed E-state index contributed by atoms with van der Waals surface area (Å²) in [6.45, 7) is -0.289. The van der Waals surface area contributed by atoms with Crippen molar-refractivity contribution in [3.63, 3.8) is 0 Å². The Labute approximate surface area is 169 Å². The molecule has 0 saturated carbocycles. The molecule has 0 aliphatic rings. The Bertz CT molecular complexity index is 1230. The van der Waals surface area contributed by atoms with Gasteiger partial charge in [-0.25, -0.2) is 13.4 Å². The molecule has 0 unspecified atom stereocenters. The lowest BCUT2D eigenvalue weighted by Crippen LogP contribution is -2.34. The first-order valence-corrected chi connectivity index (χ1v) is 11.5. The number of benzene rings is 1. The number of sulfonamides is 1. The maximum Gasteiger partial charge on any atom is 0.252 e. The fraction of sp³-hybridized carbons (Fsp3) is 0.111. The first-order valence-electron chi connectivity index (χ1n) is 8.27. The van der Waals surface area contributed by atoms with Gasteiger partial charge in [0.1, 0.15) is 4.21 Å². The molecule has 28 heavy (non-hydrogen) atoms. The number of thiophene rings is 1. The summed E-state index contributed by atoms with van der Waals surface area (Å²) >= 11 is 2.41. The number of fused-ring (bicyclic) bond motifs is 1. The lowest BCUT2D eigenvalue weighted by atomic mass is 10.1. The number of carbonyl (C=O) groups excluding carboxylic acids is 1. The normalized spacial score (nSPS) is 11.9. The summed E-state index contributed by atoms with van der Waals surface area (Å²) in [5, 5.41) is 7.69. The topological polar surface area (TPSA) is 95.2 Å². The Morgan fingerprint density at radius 3 is 2.82 bits per heavy atom. The van der Waals surface area contributed by atoms with Crippen molar-refractivity contribution in [2.75, 3.05) is 18.9 Å². The van der Waals surface area contributed by atoms with Gasteiger partial charge in [0.2, 0.25) is 5.91 Å². The van der Waals surface area contributed by atoms with Gasteiger partial charge in [-0.05, 0) is 17.5 Å². The van der Waals surface area contributed by atoms with Crippen LogP contribution in [-0.4, -0.2) is 42.2 Å². The largest absolute Gasteiger partial charge is 0.360 e. The summed E-state index contributed by atoms with van der Waals surface area (Å²) in [6.07, 6.45) is 1.88. The van der Waals surface area contributed by atoms with Crippen molar-refractivity contribution in [3.8, 4) is 11.3 Å². The molecule has 0 bridgehead atoms. The van der Waals surface area contributed by atoms with E-state index in [1.165, 1.54) is 24.5 Å². The summed E-state index contributed by atoms with van der Waals surface area (Å²) in [5.74, 6) is -0.442. The van der Waals surface area contributed by atoms with Crippen LogP contribution in [0.1, 0.15) is 0 Å². The minimum Gasteiger partial charge on any atom is -0.360 e. The van der Waals surface area contributed by atoms with Crippen LogP contribution in [0.2, 0.25) is 0 Å². The number of H-pyrrole nitrogens is 1. The number of thiazole rings is 1. The monoisotopic (exact) mass is 432 g/mol. The number of amides is 1. The smallest absolute Gasteiger partial charge is 0.252 e. The number of nitrogens with zero attached hydrogens (tertiary/aromatic N) is 2. The van der Waals surface area contributed by atoms with Crippen LogP contribution in [0, 0.1) is 0 Å². The van der Waals surface area contributed by atoms with Gasteiger partial charge in [-0.2, -0.15) is 4.31 Å². The molecule has 0 spiro atoms. The zero-order valence-corrected chi connectivity index (χ0v) is 17.2. The minimum absolute atomic E-state index is 0.207. The van der Waals surface area contributed by atoms with Gasteiger partial charge in [0, 0.05) is 35.1 Å². The lowest BCUT2D eigenvalue weighted by Gasteiger charge is -2.14. The van der Waals surface area contributed by atoms with Gasteiger partial charge >= 0.3 is 0 Å². The van der Waals surface area contributed by atoms with E-state index in [0.29, 0.717) is 5.13 Å². The highest BCUT2D eigenvalue weighted by Gasteiger charge is 2.24. The molecule has 0 radical (unpaired) electrons. The second kappa shape index (κ2) is 7.47. The molecular formula is C18H16N4O3S3. The zero-order chi connectivity index (χ0) is 19.7. The summed E-state index contributed by atoms with van der Waals surface area (Å²) in [4.78, 5) is 20.0. The highest BCUT2D eigenvalue weighted by Crippen LogP contribution is 2.31. The third-order valence-corrected chi connectivity index (χ3v) is 8.08. The number of likely N-dealkylation sites (N-methyl/N-ethyl adjacent to an activating group) is 1. The van der Waals surface area contributed by atoms with Crippen molar-refractivity contribution in [1.82, 2.24) is 14.3 Å². The van der Waals surface area contributed by atoms with Crippen molar-refractivity contribution < 1.29 is 13.2 Å². The van der Waals surface area contributed by atoms with E-state index in [1.807, 2.05) is 35.8 Å². The molecule has 3 aromatic heterocycles. The molecule has 2 N–H and O–H groups in total. The lowest BCUT2D eigenvalue weighted by molar-refractivity contribution is -0.116. The number of hydrogen-bond donors (Lipinski definition) is 2. The van der Waals surface area contributed by atoms with Crippen LogP contribution in [0.15, 0.2) is 57.6 Å². The molecule has 0 atom stereocenters. The molecule has 0 aliphatic carbocycles. The Balaban J connectivity index is 1.46. The quantitative estimate of drug-likeness (QED) is 0.487. The number of aromatic nitrogens is 2. The van der Waals surface area contributed by atoms with E-state index in [0.717, 1.165) is 37.8 Å². The van der Waals surface area contributed by atoms with E-state index in [-0.39, 0.29) is 10.8 Å². The second-order valence-electron chi connectivity index (χ2n) is 6.03. The summed E-state index contributed by atoms with van der Waals surface area (Å²) in [7, 11) is -2.28. The molecular weight excluding hydrogens is 416 g/mol. The molecule has 144 valence electrons. The predicted molar refractivity (Wildman–Crippen MR) is 112 cm³/mol. The first-order chi connectivity index (χ1) is 13.4. The van der Waals surface area contributed by atoms with Crippen molar-refractivity contribution in [3.05, 3.63) is 53.4 Å². The van der Waals surface area contributed by atoms with Crippen LogP contribution in [-0.2, 0) is 14.8 Å². The minimum atomic E-state index is -3.67. The highest BCUT2D eigenvalue weighted by molar-refractivity contribution is 7.91. The van der Waals surface area contributed by atoms with Gasteiger partial charge < -0.3 is 10.3 Å². The van der Waals surface area contributed by atoms with Crippen LogP contribution in [0.5, 0.6) is 0 Å². The molecule has 10 heteroatoms. The molecule has 4 rings (SSSR count). The van der Waals surface area contributed by atoms with Crippen LogP contribution in [0.3, 0.4) is 0 Å². The molecule has 1 amide bonds. The van der Waals surface area contributed by atoms with Crippen molar-refractivity contribution >= 4 is 54.6 Å². The van der Waals surface area contributed by atoms with Crippen LogP contribution < -0.4 is 5.32 Å². The van der Waals surface area contributed by atoms with Crippen LogP contribution >= 0.6 is 22.7 Å². The van der Waals surface area contributed by atoms with Crippen molar-refractivity contribution in [2.24, 2.45) is 0 Å². The van der Waals surface area contributed by atoms with Gasteiger partial charge in [-0.3, -0.25) is 4.79 Å². The first kappa shape index (κ1) is 18.8. The number of para-hydroxylation sites is 1. The Hall–Kier alpha value is -2.53. The number of anilines is 1. The molecule has 0 fully saturated rings. The fourth-order valence-corrected chi connectivity index (χ4v) is 5.80. The Morgan fingerprint density at radius 2 is 2.04 bits per heavy atom. The van der Waals surface area contributed by atoms with Crippen molar-refractivity contribution in [1.29, 1.82) is 0 Å². The number of hydrogen-bond acceptors (Lipinski definition) is 6. The summed E-state index contributed by atoms with van der Waals surface area (Å²) in [5.41, 5.74) is 2.71. The van der Waals surface area contributed by atoms with E-state index in [4.69, 9.17) is 0 Å². The Kier molecular flexibility index (Phi) is 5.02. The van der Waals surface area contributed by atoms with Gasteiger partial charge in [-0.1, -0.05) is 24.3 Å². The van der Waals surface area contributed by atoms with E-state index >= 15 is 0 Å². The molecule has 3 heterocycles. The third-order valence-electron chi connectivity index (χ3n) is 4.14. The average molecular weight is 433 g/mol. The van der Waals surface area contributed by atoms with Gasteiger partial charge in [0.15, 0.2) is 5.13 Å². The average Bonchev–Trinajstić information content (AvgIpc) is 3.41.